The van der Waals surface area contributed by atoms with Gasteiger partial charge in [-0.2, -0.15) is 0 Å². The van der Waals surface area contributed by atoms with Gasteiger partial charge in [0.2, 0.25) is 5.28 Å². The number of aromatic nitrogens is 2. The summed E-state index contributed by atoms with van der Waals surface area (Å²) < 4.78 is 1.91. The van der Waals surface area contributed by atoms with E-state index in [9.17, 15) is 4.79 Å². The van der Waals surface area contributed by atoms with E-state index in [4.69, 9.17) is 11.6 Å². The van der Waals surface area contributed by atoms with Crippen molar-refractivity contribution in [3.05, 3.63) is 29.0 Å². The quantitative estimate of drug-likeness (QED) is 0.917. The maximum absolute atomic E-state index is 12.1. The zero-order valence-electron chi connectivity index (χ0n) is 11.6. The molecule has 1 N–H and O–H groups in total. The van der Waals surface area contributed by atoms with Crippen molar-refractivity contribution in [1.82, 2.24) is 14.9 Å². The third-order valence-corrected chi connectivity index (χ3v) is 3.06. The van der Waals surface area contributed by atoms with Crippen LogP contribution in [0.3, 0.4) is 0 Å². The van der Waals surface area contributed by atoms with Crippen molar-refractivity contribution < 1.29 is 4.79 Å². The lowest BCUT2D eigenvalue weighted by Gasteiger charge is -2.20. The number of amides is 1. The highest BCUT2D eigenvalue weighted by Gasteiger charge is 2.16. The predicted molar refractivity (Wildman–Crippen MR) is 77.6 cm³/mol. The van der Waals surface area contributed by atoms with Gasteiger partial charge in [-0.25, -0.2) is 4.98 Å². The molecule has 19 heavy (non-hydrogen) atoms. The number of nitrogens with zero attached hydrogens (tertiary/aromatic N) is 2. The highest BCUT2D eigenvalue weighted by Crippen LogP contribution is 2.21. The molecule has 102 valence electrons. The normalized spacial score (nSPS) is 11.8. The van der Waals surface area contributed by atoms with E-state index in [1.807, 2.05) is 38.3 Å². The Hall–Kier alpha value is -1.55. The van der Waals surface area contributed by atoms with Crippen LogP contribution in [0, 0.1) is 0 Å². The number of hydrogen-bond acceptors (Lipinski definition) is 2. The first-order chi connectivity index (χ1) is 8.81. The van der Waals surface area contributed by atoms with Gasteiger partial charge in [-0.1, -0.05) is 0 Å². The molecule has 0 unspecified atom stereocenters. The van der Waals surface area contributed by atoms with Gasteiger partial charge in [-0.3, -0.25) is 4.79 Å². The van der Waals surface area contributed by atoms with E-state index in [-0.39, 0.29) is 11.4 Å². The van der Waals surface area contributed by atoms with Crippen LogP contribution in [0.2, 0.25) is 5.28 Å². The summed E-state index contributed by atoms with van der Waals surface area (Å²) in [5.74, 6) is -0.100. The first kappa shape index (κ1) is 13.9. The van der Waals surface area contributed by atoms with Crippen LogP contribution >= 0.6 is 11.6 Å². The SMILES string of the molecule is CCn1c(Cl)nc2cc(C(=O)NC(C)(C)C)ccc21. The maximum Gasteiger partial charge on any atom is 0.251 e. The molecule has 1 amide bonds. The predicted octanol–water partition coefficient (Wildman–Crippen LogP) is 3.24. The van der Waals surface area contributed by atoms with Gasteiger partial charge >= 0.3 is 0 Å². The Morgan fingerprint density at radius 3 is 2.68 bits per heavy atom. The molecule has 0 aliphatic heterocycles. The number of fused-ring (bicyclic) bond motifs is 1. The van der Waals surface area contributed by atoms with E-state index in [0.717, 1.165) is 17.6 Å². The van der Waals surface area contributed by atoms with Gasteiger partial charge in [0.05, 0.1) is 11.0 Å². The molecule has 0 radical (unpaired) electrons. The van der Waals surface area contributed by atoms with Crippen molar-refractivity contribution in [3.8, 4) is 0 Å². The minimum absolute atomic E-state index is 0.100. The number of carbonyl (C=O) groups excluding carboxylic acids is 1. The summed E-state index contributed by atoms with van der Waals surface area (Å²) in [4.78, 5) is 16.4. The second kappa shape index (κ2) is 4.85. The van der Waals surface area contributed by atoms with Crippen LogP contribution in [0.25, 0.3) is 11.0 Å². The molecular weight excluding hydrogens is 262 g/mol. The monoisotopic (exact) mass is 279 g/mol. The average Bonchev–Trinajstić information content (AvgIpc) is 2.60. The van der Waals surface area contributed by atoms with Crippen LogP contribution in [-0.2, 0) is 6.54 Å². The van der Waals surface area contributed by atoms with Gasteiger partial charge in [0.15, 0.2) is 0 Å². The minimum Gasteiger partial charge on any atom is -0.347 e. The second-order valence-corrected chi connectivity index (χ2v) is 5.87. The maximum atomic E-state index is 12.1. The van der Waals surface area contributed by atoms with E-state index < -0.39 is 0 Å². The molecular formula is C14H18ClN3O. The van der Waals surface area contributed by atoms with E-state index in [1.54, 1.807) is 12.1 Å². The van der Waals surface area contributed by atoms with Gasteiger partial charge in [-0.15, -0.1) is 0 Å². The molecule has 0 atom stereocenters. The number of halogens is 1. The first-order valence-electron chi connectivity index (χ1n) is 6.30. The Morgan fingerprint density at radius 1 is 1.42 bits per heavy atom. The Balaban J connectivity index is 2.40. The summed E-state index contributed by atoms with van der Waals surface area (Å²) in [6.07, 6.45) is 0. The van der Waals surface area contributed by atoms with Crippen LogP contribution in [0.4, 0.5) is 0 Å². The number of aryl methyl sites for hydroxylation is 1. The lowest BCUT2D eigenvalue weighted by Crippen LogP contribution is -2.40. The fourth-order valence-electron chi connectivity index (χ4n) is 1.96. The highest BCUT2D eigenvalue weighted by molar-refractivity contribution is 6.29. The summed E-state index contributed by atoms with van der Waals surface area (Å²) in [5, 5.41) is 3.38. The van der Waals surface area contributed by atoms with Crippen molar-refractivity contribution >= 4 is 28.5 Å². The molecule has 2 rings (SSSR count). The summed E-state index contributed by atoms with van der Waals surface area (Å²) in [6.45, 7) is 8.61. The van der Waals surface area contributed by atoms with Gasteiger partial charge in [0.1, 0.15) is 0 Å². The molecule has 0 saturated heterocycles. The third-order valence-electron chi connectivity index (χ3n) is 2.77. The number of benzene rings is 1. The Morgan fingerprint density at radius 2 is 2.11 bits per heavy atom. The van der Waals surface area contributed by atoms with E-state index in [1.165, 1.54) is 0 Å². The van der Waals surface area contributed by atoms with Crippen molar-refractivity contribution in [2.45, 2.75) is 39.8 Å². The number of imidazole rings is 1. The largest absolute Gasteiger partial charge is 0.347 e. The zero-order valence-corrected chi connectivity index (χ0v) is 12.4. The molecule has 5 heteroatoms. The van der Waals surface area contributed by atoms with E-state index in [0.29, 0.717) is 10.8 Å². The summed E-state index contributed by atoms with van der Waals surface area (Å²) in [5.41, 5.74) is 2.03. The number of rotatable bonds is 2. The van der Waals surface area contributed by atoms with Gasteiger partial charge in [-0.05, 0) is 57.5 Å². The zero-order chi connectivity index (χ0) is 14.2. The van der Waals surface area contributed by atoms with Gasteiger partial charge in [0.25, 0.3) is 5.91 Å². The second-order valence-electron chi connectivity index (χ2n) is 5.53. The summed E-state index contributed by atoms with van der Waals surface area (Å²) >= 11 is 6.06. The van der Waals surface area contributed by atoms with Crippen LogP contribution in [-0.4, -0.2) is 21.0 Å². The van der Waals surface area contributed by atoms with Crippen LogP contribution in [0.5, 0.6) is 0 Å². The Labute approximate surface area is 117 Å². The fourth-order valence-corrected chi connectivity index (χ4v) is 2.26. The number of hydrogen-bond donors (Lipinski definition) is 1. The van der Waals surface area contributed by atoms with E-state index >= 15 is 0 Å². The van der Waals surface area contributed by atoms with Crippen molar-refractivity contribution in [2.75, 3.05) is 0 Å². The topological polar surface area (TPSA) is 46.9 Å². The molecule has 1 aromatic heterocycles. The standard InChI is InChI=1S/C14H18ClN3O/c1-5-18-11-7-6-9(8-10(11)16-13(18)15)12(19)17-14(2,3)4/h6-8H,5H2,1-4H3,(H,17,19). The molecule has 0 aliphatic rings. The molecule has 0 spiro atoms. The van der Waals surface area contributed by atoms with Crippen molar-refractivity contribution in [2.24, 2.45) is 0 Å². The van der Waals surface area contributed by atoms with Crippen molar-refractivity contribution in [3.63, 3.8) is 0 Å². The van der Waals surface area contributed by atoms with Crippen molar-refractivity contribution in [1.29, 1.82) is 0 Å². The summed E-state index contributed by atoms with van der Waals surface area (Å²) in [7, 11) is 0. The third kappa shape index (κ3) is 2.89. The van der Waals surface area contributed by atoms with Crippen LogP contribution in [0.15, 0.2) is 18.2 Å². The lowest BCUT2D eigenvalue weighted by atomic mass is 10.1. The molecule has 1 aromatic carbocycles. The van der Waals surface area contributed by atoms with Gasteiger partial charge < -0.3 is 9.88 Å². The van der Waals surface area contributed by atoms with Crippen LogP contribution < -0.4 is 5.32 Å². The smallest absolute Gasteiger partial charge is 0.251 e. The molecule has 2 aromatic rings. The fraction of sp³-hybridized carbons (Fsp3) is 0.429. The Kier molecular flexibility index (Phi) is 3.54. The molecule has 0 aliphatic carbocycles. The molecule has 0 bridgehead atoms. The highest BCUT2D eigenvalue weighted by atomic mass is 35.5. The van der Waals surface area contributed by atoms with Gasteiger partial charge in [0, 0.05) is 17.6 Å². The molecule has 0 saturated carbocycles. The van der Waals surface area contributed by atoms with E-state index in [2.05, 4.69) is 10.3 Å². The number of carbonyl (C=O) groups is 1. The minimum atomic E-state index is -0.257. The molecule has 1 heterocycles. The molecule has 0 fully saturated rings. The Bertz CT molecular complexity index is 625. The molecule has 4 nitrogen and oxygen atoms in total. The first-order valence-corrected chi connectivity index (χ1v) is 6.68. The van der Waals surface area contributed by atoms with Crippen LogP contribution in [0.1, 0.15) is 38.1 Å². The lowest BCUT2D eigenvalue weighted by molar-refractivity contribution is 0.0919. The summed E-state index contributed by atoms with van der Waals surface area (Å²) in [6, 6.07) is 5.46. The average molecular weight is 280 g/mol. The number of nitrogens with one attached hydrogen (secondary N) is 1.